The van der Waals surface area contributed by atoms with Crippen molar-refractivity contribution in [3.8, 4) is 0 Å². The van der Waals surface area contributed by atoms with Gasteiger partial charge in [-0.3, -0.25) is 9.78 Å². The molecule has 3 rings (SSSR count). The van der Waals surface area contributed by atoms with Crippen molar-refractivity contribution in [3.63, 3.8) is 0 Å². The Balaban J connectivity index is 1.75. The van der Waals surface area contributed by atoms with Crippen molar-refractivity contribution in [2.45, 2.75) is 39.5 Å². The van der Waals surface area contributed by atoms with Crippen LogP contribution in [0.1, 0.15) is 35.3 Å². The van der Waals surface area contributed by atoms with Gasteiger partial charge in [-0.05, 0) is 50.1 Å². The summed E-state index contributed by atoms with van der Waals surface area (Å²) in [6.45, 7) is 7.96. The molecule has 1 aromatic heterocycles. The van der Waals surface area contributed by atoms with E-state index in [-0.39, 0.29) is 18.1 Å². The minimum atomic E-state index is 0.0693. The number of carbonyl (C=O) groups excluding carboxylic acids is 1. The molecule has 5 nitrogen and oxygen atoms in total. The number of amides is 1. The molecule has 1 amide bonds. The molecule has 132 valence electrons. The van der Waals surface area contributed by atoms with E-state index in [9.17, 15) is 4.79 Å². The van der Waals surface area contributed by atoms with E-state index in [1.54, 1.807) is 6.20 Å². The van der Waals surface area contributed by atoms with Gasteiger partial charge in [0.05, 0.1) is 12.2 Å². The molecular formula is C20H25N3O2. The lowest BCUT2D eigenvalue weighted by Crippen LogP contribution is -2.48. The van der Waals surface area contributed by atoms with E-state index >= 15 is 0 Å². The number of hydrogen-bond donors (Lipinski definition) is 1. The van der Waals surface area contributed by atoms with Crippen molar-refractivity contribution in [2.24, 2.45) is 0 Å². The number of carbonyl (C=O) groups is 1. The zero-order valence-electron chi connectivity index (χ0n) is 15.0. The monoisotopic (exact) mass is 339 g/mol. The Hall–Kier alpha value is -2.40. The number of ether oxygens (including phenoxy) is 1. The van der Waals surface area contributed by atoms with E-state index in [2.05, 4.69) is 10.3 Å². The highest BCUT2D eigenvalue weighted by molar-refractivity contribution is 5.97. The van der Waals surface area contributed by atoms with Gasteiger partial charge in [0, 0.05) is 43.3 Å². The molecule has 1 fully saturated rings. The van der Waals surface area contributed by atoms with E-state index in [4.69, 9.17) is 4.74 Å². The quantitative estimate of drug-likeness (QED) is 0.929. The van der Waals surface area contributed by atoms with E-state index in [0.717, 1.165) is 22.4 Å². The molecule has 0 spiro atoms. The lowest BCUT2D eigenvalue weighted by molar-refractivity contribution is -0.0586. The summed E-state index contributed by atoms with van der Waals surface area (Å²) in [6.07, 6.45) is 3.74. The van der Waals surface area contributed by atoms with E-state index < -0.39 is 0 Å². The normalized spacial score (nSPS) is 20.4. The highest BCUT2D eigenvalue weighted by atomic mass is 16.5. The predicted octanol–water partition coefficient (Wildman–Crippen LogP) is 3.25. The number of nitrogens with zero attached hydrogens (tertiary/aromatic N) is 2. The first-order valence-corrected chi connectivity index (χ1v) is 8.71. The molecule has 1 aliphatic heterocycles. The second-order valence-electron chi connectivity index (χ2n) is 6.66. The second-order valence-corrected chi connectivity index (χ2v) is 6.66. The van der Waals surface area contributed by atoms with Crippen LogP contribution < -0.4 is 5.32 Å². The van der Waals surface area contributed by atoms with Crippen LogP contribution in [0.2, 0.25) is 0 Å². The molecule has 0 saturated carbocycles. The topological polar surface area (TPSA) is 54.5 Å². The lowest BCUT2D eigenvalue weighted by Gasteiger charge is -2.35. The summed E-state index contributed by atoms with van der Waals surface area (Å²) in [6, 6.07) is 9.79. The molecule has 1 aliphatic rings. The highest BCUT2D eigenvalue weighted by Gasteiger charge is 2.27. The molecule has 1 N–H and O–H groups in total. The summed E-state index contributed by atoms with van der Waals surface area (Å²) >= 11 is 0. The van der Waals surface area contributed by atoms with E-state index in [1.807, 2.05) is 62.2 Å². The maximum atomic E-state index is 13.0. The van der Waals surface area contributed by atoms with Crippen LogP contribution in [0.5, 0.6) is 0 Å². The molecule has 0 bridgehead atoms. The van der Waals surface area contributed by atoms with E-state index in [1.165, 1.54) is 0 Å². The molecule has 1 saturated heterocycles. The Labute approximate surface area is 149 Å². The first-order chi connectivity index (χ1) is 12.0. The third-order valence-corrected chi connectivity index (χ3v) is 4.48. The van der Waals surface area contributed by atoms with Crippen molar-refractivity contribution in [1.82, 2.24) is 9.88 Å². The highest BCUT2D eigenvalue weighted by Crippen LogP contribution is 2.23. The van der Waals surface area contributed by atoms with Crippen molar-refractivity contribution >= 4 is 11.6 Å². The summed E-state index contributed by atoms with van der Waals surface area (Å²) in [5.41, 5.74) is 3.80. The van der Waals surface area contributed by atoms with Crippen LogP contribution in [0, 0.1) is 6.92 Å². The molecule has 0 aliphatic carbocycles. The maximum absolute atomic E-state index is 13.0. The Morgan fingerprint density at radius 3 is 2.68 bits per heavy atom. The number of pyridine rings is 1. The fraction of sp³-hybridized carbons (Fsp3) is 0.400. The first-order valence-electron chi connectivity index (χ1n) is 8.71. The number of anilines is 1. The van der Waals surface area contributed by atoms with E-state index in [0.29, 0.717) is 19.6 Å². The number of aromatic nitrogens is 1. The number of morpholine rings is 1. The largest absolute Gasteiger partial charge is 0.381 e. The standard InChI is InChI=1S/C20H25N3O2/c1-14-12-23(13-15(2)25-14)20(24)18-7-4-8-19(16(18)3)22-11-17-6-5-9-21-10-17/h4-10,14-15,22H,11-13H2,1-3H3/t14-,15+. The van der Waals surface area contributed by atoms with Gasteiger partial charge in [-0.2, -0.15) is 0 Å². The van der Waals surface area contributed by atoms with Gasteiger partial charge in [0.1, 0.15) is 0 Å². The van der Waals surface area contributed by atoms with Gasteiger partial charge in [0.15, 0.2) is 0 Å². The van der Waals surface area contributed by atoms with Crippen LogP contribution in [0.4, 0.5) is 5.69 Å². The lowest BCUT2D eigenvalue weighted by atomic mass is 10.0. The predicted molar refractivity (Wildman–Crippen MR) is 98.7 cm³/mol. The molecule has 2 atom stereocenters. The Morgan fingerprint density at radius 1 is 1.24 bits per heavy atom. The van der Waals surface area contributed by atoms with Gasteiger partial charge < -0.3 is 15.0 Å². The third-order valence-electron chi connectivity index (χ3n) is 4.48. The minimum Gasteiger partial charge on any atom is -0.381 e. The van der Waals surface area contributed by atoms with Crippen molar-refractivity contribution in [2.75, 3.05) is 18.4 Å². The Bertz CT molecular complexity index is 723. The zero-order valence-corrected chi connectivity index (χ0v) is 15.0. The average molecular weight is 339 g/mol. The summed E-state index contributed by atoms with van der Waals surface area (Å²) in [4.78, 5) is 19.0. The molecule has 2 aromatic rings. The number of hydrogen-bond acceptors (Lipinski definition) is 4. The van der Waals surface area contributed by atoms with Crippen LogP contribution in [-0.4, -0.2) is 41.1 Å². The fourth-order valence-electron chi connectivity index (χ4n) is 3.27. The molecule has 25 heavy (non-hydrogen) atoms. The van der Waals surface area contributed by atoms with Gasteiger partial charge in [-0.25, -0.2) is 0 Å². The Morgan fingerprint density at radius 2 is 2.00 bits per heavy atom. The number of nitrogens with one attached hydrogen (secondary N) is 1. The maximum Gasteiger partial charge on any atom is 0.254 e. The fourth-order valence-corrected chi connectivity index (χ4v) is 3.27. The van der Waals surface area contributed by atoms with Gasteiger partial charge >= 0.3 is 0 Å². The smallest absolute Gasteiger partial charge is 0.254 e. The zero-order chi connectivity index (χ0) is 17.8. The van der Waals surface area contributed by atoms with Crippen LogP contribution in [-0.2, 0) is 11.3 Å². The van der Waals surface area contributed by atoms with Gasteiger partial charge in [0.2, 0.25) is 0 Å². The third kappa shape index (κ3) is 4.17. The molecule has 0 radical (unpaired) electrons. The minimum absolute atomic E-state index is 0.0693. The van der Waals surface area contributed by atoms with Crippen molar-refractivity contribution < 1.29 is 9.53 Å². The van der Waals surface area contributed by atoms with Gasteiger partial charge in [0.25, 0.3) is 5.91 Å². The molecular weight excluding hydrogens is 314 g/mol. The summed E-state index contributed by atoms with van der Waals surface area (Å²) < 4.78 is 5.73. The van der Waals surface area contributed by atoms with Crippen molar-refractivity contribution in [3.05, 3.63) is 59.4 Å². The first kappa shape index (κ1) is 17.4. The SMILES string of the molecule is Cc1c(NCc2cccnc2)cccc1C(=O)N1C[C@@H](C)O[C@@H](C)C1. The second kappa shape index (κ2) is 7.66. The number of rotatable bonds is 4. The van der Waals surface area contributed by atoms with Gasteiger partial charge in [-0.1, -0.05) is 12.1 Å². The number of benzene rings is 1. The summed E-state index contributed by atoms with van der Waals surface area (Å²) in [5, 5.41) is 3.41. The summed E-state index contributed by atoms with van der Waals surface area (Å²) in [5.74, 6) is 0.0736. The van der Waals surface area contributed by atoms with Crippen molar-refractivity contribution in [1.29, 1.82) is 0 Å². The molecule has 0 unspecified atom stereocenters. The van der Waals surface area contributed by atoms with Gasteiger partial charge in [-0.15, -0.1) is 0 Å². The van der Waals surface area contributed by atoms with Crippen LogP contribution >= 0.6 is 0 Å². The molecule has 1 aromatic carbocycles. The average Bonchev–Trinajstić information content (AvgIpc) is 2.60. The Kier molecular flexibility index (Phi) is 5.34. The molecule has 5 heteroatoms. The van der Waals surface area contributed by atoms with Crippen LogP contribution in [0.15, 0.2) is 42.7 Å². The summed E-state index contributed by atoms with van der Waals surface area (Å²) in [7, 11) is 0. The van der Waals surface area contributed by atoms with Crippen LogP contribution in [0.25, 0.3) is 0 Å². The molecule has 2 heterocycles. The van der Waals surface area contributed by atoms with Crippen LogP contribution in [0.3, 0.4) is 0 Å².